The first-order chi connectivity index (χ1) is 16.2. The molecule has 0 unspecified atom stereocenters. The first-order valence-corrected chi connectivity index (χ1v) is 13.8. The van der Waals surface area contributed by atoms with Crippen molar-refractivity contribution in [2.45, 2.75) is 77.6 Å². The van der Waals surface area contributed by atoms with E-state index in [9.17, 15) is 4.79 Å². The molecule has 0 spiro atoms. The van der Waals surface area contributed by atoms with E-state index >= 15 is 0 Å². The number of thiazole rings is 1. The van der Waals surface area contributed by atoms with Crippen LogP contribution < -0.4 is 4.90 Å². The van der Waals surface area contributed by atoms with Gasteiger partial charge < -0.3 is 9.64 Å². The molecular weight excluding hydrogens is 442 g/mol. The van der Waals surface area contributed by atoms with Gasteiger partial charge in [0, 0.05) is 43.5 Å². The van der Waals surface area contributed by atoms with E-state index in [0.717, 1.165) is 56.4 Å². The second kappa shape index (κ2) is 10.4. The van der Waals surface area contributed by atoms with Gasteiger partial charge in [-0.05, 0) is 67.2 Å². The third kappa shape index (κ3) is 5.65. The van der Waals surface area contributed by atoms with E-state index in [1.807, 2.05) is 6.92 Å². The molecule has 1 aromatic heterocycles. The standard InChI is InChI=1S/C28H41N3O2S/c1-6-33-25(32)9-7-8-14-30-15-17-31(18-16-30)26-29-24(20-34-26)21-10-11-22-23(19-21)28(4,5)13-12-27(22,2)3/h10-11,19-20H,6-9,12-18H2,1-5H3. The van der Waals surface area contributed by atoms with Gasteiger partial charge in [0.25, 0.3) is 0 Å². The number of piperazine rings is 1. The van der Waals surface area contributed by atoms with Gasteiger partial charge in [-0.3, -0.25) is 9.69 Å². The maximum atomic E-state index is 11.5. The van der Waals surface area contributed by atoms with Gasteiger partial charge in [-0.15, -0.1) is 11.3 Å². The number of fused-ring (bicyclic) bond motifs is 1. The summed E-state index contributed by atoms with van der Waals surface area (Å²) in [5, 5.41) is 3.36. The van der Waals surface area contributed by atoms with Crippen LogP contribution in [0.25, 0.3) is 11.3 Å². The van der Waals surface area contributed by atoms with Crippen molar-refractivity contribution in [1.82, 2.24) is 9.88 Å². The number of carbonyl (C=O) groups is 1. The van der Waals surface area contributed by atoms with Crippen molar-refractivity contribution in [1.29, 1.82) is 0 Å². The van der Waals surface area contributed by atoms with Crippen LogP contribution in [0.3, 0.4) is 0 Å². The Bertz CT molecular complexity index is 989. The van der Waals surface area contributed by atoms with Gasteiger partial charge >= 0.3 is 5.97 Å². The highest BCUT2D eigenvalue weighted by molar-refractivity contribution is 7.14. The molecule has 1 aliphatic heterocycles. The van der Waals surface area contributed by atoms with Crippen LogP contribution in [0.1, 0.15) is 77.8 Å². The molecule has 0 radical (unpaired) electrons. The Labute approximate surface area is 209 Å². The highest BCUT2D eigenvalue weighted by Crippen LogP contribution is 2.46. The van der Waals surface area contributed by atoms with Gasteiger partial charge in [0.1, 0.15) is 0 Å². The smallest absolute Gasteiger partial charge is 0.305 e. The van der Waals surface area contributed by atoms with Crippen LogP contribution in [0.4, 0.5) is 5.13 Å². The lowest BCUT2D eigenvalue weighted by atomic mass is 9.63. The number of hydrogen-bond acceptors (Lipinski definition) is 6. The van der Waals surface area contributed by atoms with Crippen LogP contribution in [0, 0.1) is 0 Å². The van der Waals surface area contributed by atoms with Gasteiger partial charge in [-0.1, -0.05) is 39.8 Å². The molecule has 0 atom stereocenters. The highest BCUT2D eigenvalue weighted by Gasteiger charge is 2.37. The van der Waals surface area contributed by atoms with Crippen molar-refractivity contribution in [3.63, 3.8) is 0 Å². The Morgan fingerprint density at radius 2 is 1.74 bits per heavy atom. The number of unbranched alkanes of at least 4 members (excludes halogenated alkanes) is 1. The molecule has 0 saturated carbocycles. The van der Waals surface area contributed by atoms with Gasteiger partial charge in [-0.25, -0.2) is 4.98 Å². The van der Waals surface area contributed by atoms with Crippen molar-refractivity contribution in [2.24, 2.45) is 0 Å². The van der Waals surface area contributed by atoms with Crippen LogP contribution in [0.15, 0.2) is 23.6 Å². The summed E-state index contributed by atoms with van der Waals surface area (Å²) >= 11 is 1.76. The van der Waals surface area contributed by atoms with E-state index in [-0.39, 0.29) is 16.8 Å². The fourth-order valence-electron chi connectivity index (χ4n) is 5.29. The van der Waals surface area contributed by atoms with Crippen molar-refractivity contribution in [3.8, 4) is 11.3 Å². The topological polar surface area (TPSA) is 45.7 Å². The zero-order valence-electron chi connectivity index (χ0n) is 21.7. The van der Waals surface area contributed by atoms with Crippen molar-refractivity contribution >= 4 is 22.4 Å². The van der Waals surface area contributed by atoms with Gasteiger partial charge in [0.2, 0.25) is 0 Å². The lowest BCUT2D eigenvalue weighted by Gasteiger charge is -2.42. The number of ether oxygens (including phenoxy) is 1. The van der Waals surface area contributed by atoms with Gasteiger partial charge in [0.05, 0.1) is 12.3 Å². The molecule has 0 amide bonds. The van der Waals surface area contributed by atoms with Gasteiger partial charge in [-0.2, -0.15) is 0 Å². The molecule has 2 aromatic rings. The van der Waals surface area contributed by atoms with Gasteiger partial charge in [0.15, 0.2) is 5.13 Å². The Balaban J connectivity index is 1.34. The van der Waals surface area contributed by atoms with Crippen LogP contribution in [-0.4, -0.2) is 55.2 Å². The number of anilines is 1. The fraction of sp³-hybridized carbons (Fsp3) is 0.643. The lowest BCUT2D eigenvalue weighted by Crippen LogP contribution is -2.46. The molecule has 2 aliphatic rings. The number of hydrogen-bond donors (Lipinski definition) is 0. The molecule has 5 nitrogen and oxygen atoms in total. The Hall–Kier alpha value is -1.92. The molecule has 1 saturated heterocycles. The van der Waals surface area contributed by atoms with E-state index in [0.29, 0.717) is 13.0 Å². The zero-order valence-corrected chi connectivity index (χ0v) is 22.5. The summed E-state index contributed by atoms with van der Waals surface area (Å²) in [6.45, 7) is 17.0. The molecule has 0 bridgehead atoms. The summed E-state index contributed by atoms with van der Waals surface area (Å²) in [4.78, 5) is 21.5. The predicted octanol–water partition coefficient (Wildman–Crippen LogP) is 6.01. The molecule has 186 valence electrons. The predicted molar refractivity (Wildman–Crippen MR) is 142 cm³/mol. The second-order valence-electron chi connectivity index (χ2n) is 11.1. The largest absolute Gasteiger partial charge is 0.466 e. The minimum Gasteiger partial charge on any atom is -0.466 e. The molecule has 1 fully saturated rings. The maximum Gasteiger partial charge on any atom is 0.305 e. The molecular formula is C28H41N3O2S. The molecule has 34 heavy (non-hydrogen) atoms. The van der Waals surface area contributed by atoms with Crippen molar-refractivity contribution in [2.75, 3.05) is 44.2 Å². The zero-order chi connectivity index (χ0) is 24.3. The number of aromatic nitrogens is 1. The Kier molecular flexibility index (Phi) is 7.68. The number of esters is 1. The third-order valence-corrected chi connectivity index (χ3v) is 8.60. The normalized spacial score (nSPS) is 19.6. The third-order valence-electron chi connectivity index (χ3n) is 7.69. The van der Waals surface area contributed by atoms with Crippen molar-refractivity contribution in [3.05, 3.63) is 34.7 Å². The minimum absolute atomic E-state index is 0.0712. The lowest BCUT2D eigenvalue weighted by molar-refractivity contribution is -0.143. The van der Waals surface area contributed by atoms with E-state index in [1.54, 1.807) is 11.3 Å². The molecule has 6 heteroatoms. The summed E-state index contributed by atoms with van der Waals surface area (Å²) in [5.74, 6) is -0.0712. The minimum atomic E-state index is -0.0712. The average molecular weight is 484 g/mol. The molecule has 1 aliphatic carbocycles. The molecule has 2 heterocycles. The molecule has 1 aromatic carbocycles. The molecule has 0 N–H and O–H groups in total. The number of nitrogens with zero attached hydrogens (tertiary/aromatic N) is 3. The number of benzene rings is 1. The summed E-state index contributed by atoms with van der Waals surface area (Å²) in [5.41, 5.74) is 5.80. The van der Waals surface area contributed by atoms with Crippen LogP contribution in [0.5, 0.6) is 0 Å². The summed E-state index contributed by atoms with van der Waals surface area (Å²) < 4.78 is 5.01. The summed E-state index contributed by atoms with van der Waals surface area (Å²) in [7, 11) is 0. The number of rotatable bonds is 8. The SMILES string of the molecule is CCOC(=O)CCCCN1CCN(c2nc(-c3ccc4c(c3)C(C)(C)CCC4(C)C)cs2)CC1. The van der Waals surface area contributed by atoms with Crippen molar-refractivity contribution < 1.29 is 9.53 Å². The van der Waals surface area contributed by atoms with E-state index in [4.69, 9.17) is 9.72 Å². The highest BCUT2D eigenvalue weighted by atomic mass is 32.1. The number of carbonyl (C=O) groups excluding carboxylic acids is 1. The Morgan fingerprint density at radius 1 is 1.03 bits per heavy atom. The second-order valence-corrected chi connectivity index (χ2v) is 12.0. The van der Waals surface area contributed by atoms with E-state index < -0.39 is 0 Å². The maximum absolute atomic E-state index is 11.5. The van der Waals surface area contributed by atoms with Crippen LogP contribution in [-0.2, 0) is 20.4 Å². The summed E-state index contributed by atoms with van der Waals surface area (Å²) in [6.07, 6.45) is 4.96. The first-order valence-electron chi connectivity index (χ1n) is 12.9. The first kappa shape index (κ1) is 25.2. The Morgan fingerprint density at radius 3 is 2.44 bits per heavy atom. The average Bonchev–Trinajstić information content (AvgIpc) is 3.31. The van der Waals surface area contributed by atoms with E-state index in [2.05, 4.69) is 61.1 Å². The monoisotopic (exact) mass is 483 g/mol. The molecule has 4 rings (SSSR count). The summed E-state index contributed by atoms with van der Waals surface area (Å²) in [6, 6.07) is 7.03. The van der Waals surface area contributed by atoms with Crippen LogP contribution in [0.2, 0.25) is 0 Å². The van der Waals surface area contributed by atoms with E-state index in [1.165, 1.54) is 29.5 Å². The van der Waals surface area contributed by atoms with Crippen LogP contribution >= 0.6 is 11.3 Å². The quantitative estimate of drug-likeness (QED) is 0.340. The fourth-order valence-corrected chi connectivity index (χ4v) is 6.18.